The lowest BCUT2D eigenvalue weighted by Crippen LogP contribution is -3.14. The standard InChI is InChI=1S/C19H29N3OS2/c1-25-18-7-4-5-16(15-18)20-19(24)22-9-3-2-6-17(22)8-10-21-11-13-23-14-12-21/h4-5,7,15,17H,2-3,6,8-14H2,1H3,(H,20,24)/p+1/t17-/m0/s1. The van der Waals surface area contributed by atoms with Crippen molar-refractivity contribution in [2.24, 2.45) is 0 Å². The third-order valence-electron chi connectivity index (χ3n) is 5.24. The summed E-state index contributed by atoms with van der Waals surface area (Å²) >= 11 is 7.52. The van der Waals surface area contributed by atoms with E-state index in [4.69, 9.17) is 17.0 Å². The molecule has 0 aromatic heterocycles. The molecule has 2 aliphatic rings. The second-order valence-electron chi connectivity index (χ2n) is 6.91. The number of morpholine rings is 1. The molecule has 0 radical (unpaired) electrons. The van der Waals surface area contributed by atoms with Crippen molar-refractivity contribution in [1.82, 2.24) is 4.90 Å². The molecule has 25 heavy (non-hydrogen) atoms. The van der Waals surface area contributed by atoms with Gasteiger partial charge in [0.25, 0.3) is 0 Å². The van der Waals surface area contributed by atoms with E-state index in [0.29, 0.717) is 6.04 Å². The number of hydrogen-bond acceptors (Lipinski definition) is 3. The average molecular weight is 381 g/mol. The highest BCUT2D eigenvalue weighted by Crippen LogP contribution is 2.23. The third-order valence-corrected chi connectivity index (χ3v) is 6.30. The first-order valence-corrected chi connectivity index (χ1v) is 11.0. The van der Waals surface area contributed by atoms with E-state index < -0.39 is 0 Å². The van der Waals surface area contributed by atoms with Gasteiger partial charge in [0.1, 0.15) is 13.1 Å². The van der Waals surface area contributed by atoms with Crippen molar-refractivity contribution in [3.63, 3.8) is 0 Å². The topological polar surface area (TPSA) is 28.9 Å². The number of quaternary nitrogens is 1. The Morgan fingerprint density at radius 2 is 2.20 bits per heavy atom. The number of thioether (sulfide) groups is 1. The molecule has 2 saturated heterocycles. The smallest absolute Gasteiger partial charge is 0.173 e. The van der Waals surface area contributed by atoms with Crippen LogP contribution in [0.25, 0.3) is 0 Å². The molecule has 6 heteroatoms. The molecule has 2 N–H and O–H groups in total. The number of rotatable bonds is 5. The minimum absolute atomic E-state index is 0.577. The van der Waals surface area contributed by atoms with E-state index in [9.17, 15) is 0 Å². The van der Waals surface area contributed by atoms with Crippen molar-refractivity contribution in [2.75, 3.05) is 51.0 Å². The van der Waals surface area contributed by atoms with Crippen molar-refractivity contribution in [3.05, 3.63) is 24.3 Å². The normalized spacial score (nSPS) is 22.0. The number of anilines is 1. The van der Waals surface area contributed by atoms with Crippen LogP contribution >= 0.6 is 24.0 Å². The minimum atomic E-state index is 0.577. The summed E-state index contributed by atoms with van der Waals surface area (Å²) in [6.45, 7) is 6.44. The molecule has 0 aliphatic carbocycles. The molecule has 0 unspecified atom stereocenters. The van der Waals surface area contributed by atoms with Gasteiger partial charge in [-0.15, -0.1) is 11.8 Å². The number of nitrogens with one attached hydrogen (secondary N) is 2. The summed E-state index contributed by atoms with van der Waals surface area (Å²) in [7, 11) is 0. The van der Waals surface area contributed by atoms with Crippen LogP contribution in [0.1, 0.15) is 25.7 Å². The van der Waals surface area contributed by atoms with Gasteiger partial charge >= 0.3 is 0 Å². The molecule has 3 rings (SSSR count). The van der Waals surface area contributed by atoms with Gasteiger partial charge in [0.15, 0.2) is 5.11 Å². The Bertz CT molecular complexity index is 563. The molecule has 138 valence electrons. The van der Waals surface area contributed by atoms with Gasteiger partial charge in [-0.25, -0.2) is 0 Å². The largest absolute Gasteiger partial charge is 0.370 e. The highest BCUT2D eigenvalue weighted by Gasteiger charge is 2.26. The van der Waals surface area contributed by atoms with Gasteiger partial charge in [0, 0.05) is 29.6 Å². The second-order valence-corrected chi connectivity index (χ2v) is 8.17. The average Bonchev–Trinajstić information content (AvgIpc) is 2.67. The van der Waals surface area contributed by atoms with Crippen LogP contribution in [0.4, 0.5) is 5.69 Å². The number of thiocarbonyl (C=S) groups is 1. The third kappa shape index (κ3) is 5.58. The molecule has 0 spiro atoms. The number of ether oxygens (including phenoxy) is 1. The first kappa shape index (κ1) is 19.0. The lowest BCUT2D eigenvalue weighted by molar-refractivity contribution is -0.908. The van der Waals surface area contributed by atoms with Crippen molar-refractivity contribution in [2.45, 2.75) is 36.6 Å². The maximum Gasteiger partial charge on any atom is 0.173 e. The molecule has 2 aliphatic heterocycles. The van der Waals surface area contributed by atoms with Crippen LogP contribution in [0.5, 0.6) is 0 Å². The van der Waals surface area contributed by atoms with E-state index in [1.807, 2.05) is 0 Å². The van der Waals surface area contributed by atoms with E-state index in [-0.39, 0.29) is 0 Å². The number of nitrogens with zero attached hydrogens (tertiary/aromatic N) is 1. The number of benzene rings is 1. The van der Waals surface area contributed by atoms with Gasteiger partial charge in [-0.1, -0.05) is 6.07 Å². The van der Waals surface area contributed by atoms with Crippen LogP contribution in [-0.2, 0) is 4.74 Å². The monoisotopic (exact) mass is 380 g/mol. The Morgan fingerprint density at radius 1 is 1.36 bits per heavy atom. The van der Waals surface area contributed by atoms with Crippen LogP contribution in [0, 0.1) is 0 Å². The summed E-state index contributed by atoms with van der Waals surface area (Å²) in [6.07, 6.45) is 7.16. The number of hydrogen-bond donors (Lipinski definition) is 2. The maximum atomic E-state index is 5.76. The van der Waals surface area contributed by atoms with Crippen molar-refractivity contribution < 1.29 is 9.64 Å². The Labute approximate surface area is 161 Å². The van der Waals surface area contributed by atoms with E-state index >= 15 is 0 Å². The predicted octanol–water partition coefficient (Wildman–Crippen LogP) is 2.26. The van der Waals surface area contributed by atoms with Crippen LogP contribution in [-0.4, -0.2) is 61.7 Å². The first-order chi connectivity index (χ1) is 12.3. The van der Waals surface area contributed by atoms with Crippen LogP contribution in [0.3, 0.4) is 0 Å². The SMILES string of the molecule is CSc1cccc(NC(=S)N2CCCC[C@H]2CC[NH+]2CCOCC2)c1. The van der Waals surface area contributed by atoms with Crippen LogP contribution in [0.2, 0.25) is 0 Å². The quantitative estimate of drug-likeness (QED) is 0.604. The van der Waals surface area contributed by atoms with Crippen LogP contribution < -0.4 is 10.2 Å². The fraction of sp³-hybridized carbons (Fsp3) is 0.632. The zero-order valence-corrected chi connectivity index (χ0v) is 16.8. The molecule has 1 atom stereocenters. The van der Waals surface area contributed by atoms with Gasteiger partial charge < -0.3 is 19.9 Å². The molecular formula is C19H30N3OS2+. The fourth-order valence-corrected chi connectivity index (χ4v) is 4.56. The molecule has 2 heterocycles. The Hall–Kier alpha value is -0.820. The summed E-state index contributed by atoms with van der Waals surface area (Å²) in [4.78, 5) is 5.38. The predicted molar refractivity (Wildman–Crippen MR) is 110 cm³/mol. The van der Waals surface area contributed by atoms with E-state index in [2.05, 4.69) is 40.7 Å². The van der Waals surface area contributed by atoms with E-state index in [1.165, 1.54) is 37.1 Å². The first-order valence-electron chi connectivity index (χ1n) is 9.39. The minimum Gasteiger partial charge on any atom is -0.370 e. The van der Waals surface area contributed by atoms with Gasteiger partial charge in [0.05, 0.1) is 19.8 Å². The van der Waals surface area contributed by atoms with E-state index in [0.717, 1.165) is 43.6 Å². The maximum absolute atomic E-state index is 5.76. The molecule has 0 amide bonds. The Kier molecular flexibility index (Phi) is 7.40. The molecule has 1 aromatic rings. The zero-order valence-electron chi connectivity index (χ0n) is 15.1. The summed E-state index contributed by atoms with van der Waals surface area (Å²) < 4.78 is 5.47. The van der Waals surface area contributed by atoms with Crippen molar-refractivity contribution >= 4 is 34.8 Å². The lowest BCUT2D eigenvalue weighted by Gasteiger charge is -2.38. The number of likely N-dealkylation sites (tertiary alicyclic amines) is 1. The Morgan fingerprint density at radius 3 is 3.00 bits per heavy atom. The molecule has 0 saturated carbocycles. The molecular weight excluding hydrogens is 350 g/mol. The molecule has 2 fully saturated rings. The van der Waals surface area contributed by atoms with Gasteiger partial charge in [-0.3, -0.25) is 0 Å². The molecule has 0 bridgehead atoms. The Balaban J connectivity index is 1.56. The summed E-state index contributed by atoms with van der Waals surface area (Å²) in [5.41, 5.74) is 1.10. The number of piperidine rings is 1. The second kappa shape index (κ2) is 9.76. The van der Waals surface area contributed by atoms with Crippen molar-refractivity contribution in [1.29, 1.82) is 0 Å². The summed E-state index contributed by atoms with van der Waals surface area (Å²) in [6, 6.07) is 9.07. The highest BCUT2D eigenvalue weighted by atomic mass is 32.2. The molecule has 4 nitrogen and oxygen atoms in total. The van der Waals surface area contributed by atoms with Crippen LogP contribution in [0.15, 0.2) is 29.2 Å². The van der Waals surface area contributed by atoms with Gasteiger partial charge in [-0.05, 0) is 55.9 Å². The summed E-state index contributed by atoms with van der Waals surface area (Å²) in [5.74, 6) is 0. The fourth-order valence-electron chi connectivity index (χ4n) is 3.74. The lowest BCUT2D eigenvalue weighted by atomic mass is 9.99. The van der Waals surface area contributed by atoms with Crippen molar-refractivity contribution in [3.8, 4) is 0 Å². The zero-order chi connectivity index (χ0) is 17.5. The summed E-state index contributed by atoms with van der Waals surface area (Å²) in [5, 5.41) is 4.36. The van der Waals surface area contributed by atoms with E-state index in [1.54, 1.807) is 16.7 Å². The van der Waals surface area contributed by atoms with Gasteiger partial charge in [-0.2, -0.15) is 0 Å². The van der Waals surface area contributed by atoms with Gasteiger partial charge in [0.2, 0.25) is 0 Å². The molecule has 1 aromatic carbocycles. The highest BCUT2D eigenvalue weighted by molar-refractivity contribution is 7.98.